The number of fused-ring (bicyclic) bond motifs is 1. The van der Waals surface area contributed by atoms with Crippen LogP contribution in [-0.4, -0.2) is 60.6 Å². The molecule has 0 bridgehead atoms. The van der Waals surface area contributed by atoms with E-state index >= 15 is 0 Å². The highest BCUT2D eigenvalue weighted by atomic mass is 35.5. The molecule has 0 saturated carbocycles. The molecule has 0 aromatic heterocycles. The summed E-state index contributed by atoms with van der Waals surface area (Å²) in [6.07, 6.45) is -4.45. The molecule has 2 aliphatic heterocycles. The van der Waals surface area contributed by atoms with Crippen LogP contribution >= 0.6 is 22.2 Å². The monoisotopic (exact) mass is 454 g/mol. The van der Waals surface area contributed by atoms with Gasteiger partial charge in [0.1, 0.15) is 30.5 Å². The summed E-state index contributed by atoms with van der Waals surface area (Å²) >= 11 is 6.35. The van der Waals surface area contributed by atoms with E-state index in [1.54, 1.807) is 36.4 Å². The summed E-state index contributed by atoms with van der Waals surface area (Å²) in [5.41, 5.74) is 1.82. The van der Waals surface area contributed by atoms with Crippen molar-refractivity contribution in [1.29, 1.82) is 0 Å². The average molecular weight is 455 g/mol. The summed E-state index contributed by atoms with van der Waals surface area (Å²) < 4.78 is 27.1. The smallest absolute Gasteiger partial charge is 0.113 e. The molecule has 0 aliphatic carbocycles. The van der Waals surface area contributed by atoms with Crippen LogP contribution < -0.4 is 0 Å². The number of ether oxygens (including phenoxy) is 1. The number of aliphatic hydroxyl groups is 4. The lowest BCUT2D eigenvalue weighted by atomic mass is 9.90. The van der Waals surface area contributed by atoms with Crippen molar-refractivity contribution in [3.63, 3.8) is 0 Å². The maximum Gasteiger partial charge on any atom is 0.113 e. The molecule has 9 heteroatoms. The van der Waals surface area contributed by atoms with Gasteiger partial charge in [0.15, 0.2) is 0 Å². The fraction of sp³-hybridized carbons (Fsp3) is 0.333. The molecule has 2 aromatic rings. The van der Waals surface area contributed by atoms with Gasteiger partial charge in [0, 0.05) is 16.3 Å². The molecular formula is C21H23ClO7S. The van der Waals surface area contributed by atoms with Crippen LogP contribution in [0, 0.1) is 0 Å². The highest BCUT2D eigenvalue weighted by molar-refractivity contribution is 8.28. The molecule has 162 valence electrons. The fourth-order valence-corrected chi connectivity index (χ4v) is 5.72. The molecule has 0 radical (unpaired) electrons. The molecule has 7 nitrogen and oxygen atoms in total. The van der Waals surface area contributed by atoms with Crippen LogP contribution in [0.1, 0.15) is 22.8 Å². The molecule has 2 heterocycles. The molecule has 6 N–H and O–H groups in total. The number of allylic oxidation sites excluding steroid dienone is 1. The largest absolute Gasteiger partial charge is 0.394 e. The molecule has 2 aromatic carbocycles. The number of benzene rings is 2. The number of hydrogen-bond acceptors (Lipinski definition) is 7. The van der Waals surface area contributed by atoms with Gasteiger partial charge in [-0.1, -0.05) is 41.9 Å². The van der Waals surface area contributed by atoms with Gasteiger partial charge in [-0.15, -0.1) is 10.6 Å². The third-order valence-electron chi connectivity index (χ3n) is 5.56. The molecule has 5 atom stereocenters. The minimum Gasteiger partial charge on any atom is -0.394 e. The lowest BCUT2D eigenvalue weighted by Crippen LogP contribution is -2.55. The molecular weight excluding hydrogens is 432 g/mol. The Morgan fingerprint density at radius 3 is 2.40 bits per heavy atom. The Morgan fingerprint density at radius 2 is 1.70 bits per heavy atom. The zero-order chi connectivity index (χ0) is 21.6. The Balaban J connectivity index is 1.64. The lowest BCUT2D eigenvalue weighted by Gasteiger charge is -2.40. The Bertz CT molecular complexity index is 978. The van der Waals surface area contributed by atoms with Gasteiger partial charge in [-0.25, -0.2) is 0 Å². The van der Waals surface area contributed by atoms with Crippen molar-refractivity contribution in [2.24, 2.45) is 0 Å². The van der Waals surface area contributed by atoms with Gasteiger partial charge in [-0.3, -0.25) is 9.11 Å². The zero-order valence-electron chi connectivity index (χ0n) is 15.8. The third-order valence-corrected chi connectivity index (χ3v) is 7.91. The van der Waals surface area contributed by atoms with Gasteiger partial charge in [-0.2, -0.15) is 0 Å². The highest BCUT2D eigenvalue weighted by Crippen LogP contribution is 2.62. The summed E-state index contributed by atoms with van der Waals surface area (Å²) in [7, 11) is -3.12. The van der Waals surface area contributed by atoms with E-state index in [1.165, 1.54) is 0 Å². The Hall–Kier alpha value is -1.46. The number of rotatable bonds is 4. The summed E-state index contributed by atoms with van der Waals surface area (Å²) in [5.74, 6) is 0. The first kappa shape index (κ1) is 21.8. The fourth-order valence-electron chi connectivity index (χ4n) is 3.88. The Morgan fingerprint density at radius 1 is 0.967 bits per heavy atom. The molecule has 0 amide bonds. The van der Waals surface area contributed by atoms with E-state index in [9.17, 15) is 29.5 Å². The molecule has 2 aliphatic rings. The second kappa shape index (κ2) is 8.23. The minimum absolute atomic E-state index is 0.168. The van der Waals surface area contributed by atoms with Gasteiger partial charge >= 0.3 is 0 Å². The predicted octanol–water partition coefficient (Wildman–Crippen LogP) is 2.56. The maximum atomic E-state index is 10.7. The number of aliphatic hydroxyl groups excluding tert-OH is 4. The second-order valence-electron chi connectivity index (χ2n) is 7.47. The van der Waals surface area contributed by atoms with Crippen LogP contribution in [0.15, 0.2) is 52.3 Å². The number of halogens is 1. The molecule has 1 fully saturated rings. The van der Waals surface area contributed by atoms with Gasteiger partial charge in [0.2, 0.25) is 0 Å². The third kappa shape index (κ3) is 3.69. The summed E-state index contributed by atoms with van der Waals surface area (Å²) in [4.78, 5) is 0.901. The highest BCUT2D eigenvalue weighted by Gasteiger charge is 2.44. The van der Waals surface area contributed by atoms with Crippen LogP contribution in [0.4, 0.5) is 0 Å². The van der Waals surface area contributed by atoms with Gasteiger partial charge < -0.3 is 25.2 Å². The van der Waals surface area contributed by atoms with E-state index in [0.29, 0.717) is 26.0 Å². The number of hydrogen-bond donors (Lipinski definition) is 6. The van der Waals surface area contributed by atoms with E-state index in [4.69, 9.17) is 16.3 Å². The van der Waals surface area contributed by atoms with E-state index < -0.39 is 47.7 Å². The first-order valence-electron chi connectivity index (χ1n) is 9.40. The maximum absolute atomic E-state index is 10.7. The quantitative estimate of drug-likeness (QED) is 0.418. The van der Waals surface area contributed by atoms with Gasteiger partial charge in [0.05, 0.1) is 11.5 Å². The minimum atomic E-state index is -3.12. The van der Waals surface area contributed by atoms with Crippen LogP contribution in [0.5, 0.6) is 0 Å². The van der Waals surface area contributed by atoms with Gasteiger partial charge in [-0.05, 0) is 34.9 Å². The summed E-state index contributed by atoms with van der Waals surface area (Å²) in [5, 5.41) is 40.2. The van der Waals surface area contributed by atoms with Crippen molar-refractivity contribution in [3.8, 4) is 0 Å². The Labute approximate surface area is 180 Å². The van der Waals surface area contributed by atoms with Crippen molar-refractivity contribution < 1.29 is 34.3 Å². The van der Waals surface area contributed by atoms with E-state index in [-0.39, 0.29) is 6.42 Å². The lowest BCUT2D eigenvalue weighted by molar-refractivity contribution is -0.231. The van der Waals surface area contributed by atoms with Crippen molar-refractivity contribution in [2.75, 3.05) is 6.61 Å². The average Bonchev–Trinajstić information content (AvgIpc) is 2.98. The molecule has 1 saturated heterocycles. The molecule has 4 rings (SSSR count). The van der Waals surface area contributed by atoms with Crippen molar-refractivity contribution in [2.45, 2.75) is 41.8 Å². The van der Waals surface area contributed by atoms with Crippen LogP contribution in [0.3, 0.4) is 0 Å². The summed E-state index contributed by atoms with van der Waals surface area (Å²) in [6, 6.07) is 11.9. The van der Waals surface area contributed by atoms with E-state index in [1.807, 2.05) is 12.1 Å². The topological polar surface area (TPSA) is 131 Å². The second-order valence-corrected chi connectivity index (χ2v) is 9.94. The molecule has 30 heavy (non-hydrogen) atoms. The van der Waals surface area contributed by atoms with Crippen molar-refractivity contribution >= 4 is 28.3 Å². The van der Waals surface area contributed by atoms with Crippen molar-refractivity contribution in [3.05, 3.63) is 69.1 Å². The van der Waals surface area contributed by atoms with Crippen molar-refractivity contribution in [1.82, 2.24) is 0 Å². The van der Waals surface area contributed by atoms with E-state index in [0.717, 1.165) is 5.56 Å². The SMILES string of the molecule is OC[C@H]1O[C@@H](c2ccc(Cl)c(CC3=Cc4ccccc4S3(O)O)c2)[C@H](O)[C@@H](O)[C@@H]1O. The first-order valence-corrected chi connectivity index (χ1v) is 11.3. The van der Waals surface area contributed by atoms with Crippen LogP contribution in [-0.2, 0) is 11.2 Å². The Kier molecular flexibility index (Phi) is 5.97. The van der Waals surface area contributed by atoms with E-state index in [2.05, 4.69) is 0 Å². The normalized spacial score (nSPS) is 31.2. The summed E-state index contributed by atoms with van der Waals surface area (Å²) in [6.45, 7) is -0.520. The zero-order valence-corrected chi connectivity index (χ0v) is 17.4. The predicted molar refractivity (Wildman–Crippen MR) is 113 cm³/mol. The van der Waals surface area contributed by atoms with Gasteiger partial charge in [0.25, 0.3) is 0 Å². The molecule has 0 spiro atoms. The first-order chi connectivity index (χ1) is 14.2. The molecule has 0 unspecified atom stereocenters. The van der Waals surface area contributed by atoms with Crippen LogP contribution in [0.25, 0.3) is 6.08 Å². The van der Waals surface area contributed by atoms with Crippen LogP contribution in [0.2, 0.25) is 5.02 Å². The standard InChI is InChI=1S/C21H23ClO7S/c22-15-6-5-12(21-20(26)19(25)18(24)16(10-23)29-21)7-13(15)9-14-8-11-3-1-2-4-17(11)30(14,27)28/h1-8,16,18-21,23-28H,9-10H2/t16-,18-,19+,20-,21+/m1/s1.